The molecule has 0 spiro atoms. The van der Waals surface area contributed by atoms with Crippen molar-refractivity contribution in [1.82, 2.24) is 14.9 Å². The molecule has 0 radical (unpaired) electrons. The third-order valence-corrected chi connectivity index (χ3v) is 6.80. The number of nitrogens with zero attached hydrogens (tertiary/aromatic N) is 3. The van der Waals surface area contributed by atoms with Crippen molar-refractivity contribution in [3.05, 3.63) is 63.7 Å². The van der Waals surface area contributed by atoms with Crippen molar-refractivity contribution in [3.8, 4) is 10.7 Å². The van der Waals surface area contributed by atoms with Crippen LogP contribution in [0.1, 0.15) is 10.4 Å². The molecule has 1 aliphatic rings. The van der Waals surface area contributed by atoms with E-state index >= 15 is 0 Å². The maximum atomic E-state index is 12.8. The van der Waals surface area contributed by atoms with Crippen LogP contribution in [0.5, 0.6) is 0 Å². The van der Waals surface area contributed by atoms with Gasteiger partial charge in [-0.15, -0.1) is 22.7 Å². The lowest BCUT2D eigenvalue weighted by molar-refractivity contribution is -0.130. The highest BCUT2D eigenvalue weighted by Gasteiger charge is 2.21. The van der Waals surface area contributed by atoms with Gasteiger partial charge >= 0.3 is 0 Å². The summed E-state index contributed by atoms with van der Waals surface area (Å²) in [6.45, 7) is 1.70. The van der Waals surface area contributed by atoms with Crippen molar-refractivity contribution in [2.24, 2.45) is 0 Å². The van der Waals surface area contributed by atoms with Crippen LogP contribution in [-0.2, 0) is 17.8 Å². The first-order valence-corrected chi connectivity index (χ1v) is 10.9. The van der Waals surface area contributed by atoms with Crippen molar-refractivity contribution in [2.75, 3.05) is 18.4 Å². The molecule has 5 rings (SSSR count). The van der Waals surface area contributed by atoms with E-state index in [1.807, 2.05) is 46.7 Å². The van der Waals surface area contributed by atoms with Gasteiger partial charge in [-0.25, -0.2) is 9.97 Å². The highest BCUT2D eigenvalue weighted by atomic mass is 32.1. The summed E-state index contributed by atoms with van der Waals surface area (Å²) in [5.74, 6) is 1.48. The second-order valence-electron chi connectivity index (χ2n) is 6.68. The minimum atomic E-state index is 0.0946. The van der Waals surface area contributed by atoms with Gasteiger partial charge in [0.2, 0.25) is 5.91 Å². The second-order valence-corrected chi connectivity index (χ2v) is 8.63. The summed E-state index contributed by atoms with van der Waals surface area (Å²) >= 11 is 3.39. The van der Waals surface area contributed by atoms with Gasteiger partial charge in [0.15, 0.2) is 5.82 Å². The Morgan fingerprint density at radius 1 is 1.07 bits per heavy atom. The van der Waals surface area contributed by atoms with Crippen molar-refractivity contribution < 1.29 is 4.79 Å². The molecule has 4 aromatic rings. The molecular formula is C21H18N4OS2. The molecule has 3 aromatic heterocycles. The number of aromatic nitrogens is 2. The molecule has 28 heavy (non-hydrogen) atoms. The number of benzene rings is 1. The van der Waals surface area contributed by atoms with Crippen LogP contribution >= 0.6 is 22.7 Å². The van der Waals surface area contributed by atoms with E-state index in [-0.39, 0.29) is 12.5 Å². The summed E-state index contributed by atoms with van der Waals surface area (Å²) in [6.07, 6.45) is 0.942. The lowest BCUT2D eigenvalue weighted by Gasteiger charge is -2.27. The summed E-state index contributed by atoms with van der Waals surface area (Å²) in [7, 11) is 0. The fourth-order valence-corrected chi connectivity index (χ4v) is 5.01. The Kier molecular flexibility index (Phi) is 4.54. The van der Waals surface area contributed by atoms with Crippen LogP contribution in [0, 0.1) is 0 Å². The predicted molar refractivity (Wildman–Crippen MR) is 115 cm³/mol. The molecule has 4 heterocycles. The average molecular weight is 407 g/mol. The number of para-hydroxylation sites is 1. The summed E-state index contributed by atoms with van der Waals surface area (Å²) in [4.78, 5) is 26.5. The topological polar surface area (TPSA) is 58.1 Å². The number of rotatable bonds is 4. The second kappa shape index (κ2) is 7.33. The Balaban J connectivity index is 1.38. The molecule has 5 nitrogen and oxygen atoms in total. The quantitative estimate of drug-likeness (QED) is 0.545. The molecule has 140 valence electrons. The van der Waals surface area contributed by atoms with Gasteiger partial charge in [-0.3, -0.25) is 4.79 Å². The molecule has 0 aliphatic carbocycles. The summed E-state index contributed by atoms with van der Waals surface area (Å²) in [5.41, 5.74) is 2.15. The van der Waals surface area contributed by atoms with Crippen molar-refractivity contribution >= 4 is 45.3 Å². The number of thiophene rings is 2. The van der Waals surface area contributed by atoms with Crippen LogP contribution < -0.4 is 5.32 Å². The van der Waals surface area contributed by atoms with Gasteiger partial charge < -0.3 is 10.2 Å². The first-order valence-electron chi connectivity index (χ1n) is 9.15. The predicted octanol–water partition coefficient (Wildman–Crippen LogP) is 4.42. The molecule has 1 amide bonds. The van der Waals surface area contributed by atoms with Gasteiger partial charge in [-0.05, 0) is 47.0 Å². The number of nitrogens with one attached hydrogen (secondary N) is 1. The summed E-state index contributed by atoms with van der Waals surface area (Å²) < 4.78 is 0. The highest BCUT2D eigenvalue weighted by molar-refractivity contribution is 7.13. The molecule has 7 heteroatoms. The fraction of sp³-hybridized carbons (Fsp3) is 0.190. The zero-order valence-electron chi connectivity index (χ0n) is 15.1. The largest absolute Gasteiger partial charge is 0.360 e. The number of hydrogen-bond donors (Lipinski definition) is 1. The lowest BCUT2D eigenvalue weighted by Crippen LogP contribution is -2.38. The van der Waals surface area contributed by atoms with E-state index in [2.05, 4.69) is 21.7 Å². The van der Waals surface area contributed by atoms with Crippen LogP contribution in [0.15, 0.2) is 53.2 Å². The SMILES string of the molecule is O=C(CNc1nc(-c2cccs2)nc2ccccc12)N1CCc2sccc2C1. The van der Waals surface area contributed by atoms with E-state index in [1.54, 1.807) is 22.7 Å². The lowest BCUT2D eigenvalue weighted by atomic mass is 10.1. The molecular weight excluding hydrogens is 388 g/mol. The molecule has 0 fully saturated rings. The maximum absolute atomic E-state index is 12.8. The normalized spacial score (nSPS) is 13.5. The molecule has 1 aliphatic heterocycles. The van der Waals surface area contributed by atoms with Crippen LogP contribution in [-0.4, -0.2) is 33.9 Å². The first kappa shape index (κ1) is 17.3. The Bertz CT molecular complexity index is 1140. The third kappa shape index (κ3) is 3.27. The van der Waals surface area contributed by atoms with E-state index in [0.29, 0.717) is 18.2 Å². The molecule has 0 atom stereocenters. The average Bonchev–Trinajstić information content (AvgIpc) is 3.42. The van der Waals surface area contributed by atoms with E-state index in [9.17, 15) is 4.79 Å². The number of amides is 1. The Morgan fingerprint density at radius 2 is 2.00 bits per heavy atom. The van der Waals surface area contributed by atoms with E-state index < -0.39 is 0 Å². The van der Waals surface area contributed by atoms with Crippen LogP contribution in [0.4, 0.5) is 5.82 Å². The third-order valence-electron chi connectivity index (χ3n) is 4.91. The Hall–Kier alpha value is -2.77. The van der Waals surface area contributed by atoms with Crippen LogP contribution in [0.2, 0.25) is 0 Å². The standard InChI is InChI=1S/C21H18N4OS2/c26-19(25-9-7-17-14(13-25)8-11-28-17)12-22-20-15-4-1-2-5-16(15)23-21(24-20)18-6-3-10-27-18/h1-6,8,10-11H,7,9,12-13H2,(H,22,23,24). The van der Waals surface area contributed by atoms with Gasteiger partial charge in [0.1, 0.15) is 5.82 Å². The van der Waals surface area contributed by atoms with E-state index in [0.717, 1.165) is 28.7 Å². The molecule has 1 N–H and O–H groups in total. The van der Waals surface area contributed by atoms with Crippen LogP contribution in [0.3, 0.4) is 0 Å². The number of carbonyl (C=O) groups excluding carboxylic acids is 1. The zero-order valence-corrected chi connectivity index (χ0v) is 16.7. The fourth-order valence-electron chi connectivity index (χ4n) is 3.46. The van der Waals surface area contributed by atoms with Gasteiger partial charge in [0, 0.05) is 23.4 Å². The van der Waals surface area contributed by atoms with Gasteiger partial charge in [0.05, 0.1) is 16.9 Å². The number of hydrogen-bond acceptors (Lipinski definition) is 6. The molecule has 0 bridgehead atoms. The smallest absolute Gasteiger partial charge is 0.242 e. The highest BCUT2D eigenvalue weighted by Crippen LogP contribution is 2.28. The summed E-state index contributed by atoms with van der Waals surface area (Å²) in [5, 5.41) is 8.32. The summed E-state index contributed by atoms with van der Waals surface area (Å²) in [6, 6.07) is 14.0. The van der Waals surface area contributed by atoms with E-state index in [1.165, 1.54) is 10.4 Å². The van der Waals surface area contributed by atoms with Gasteiger partial charge in [-0.2, -0.15) is 0 Å². The molecule has 1 aromatic carbocycles. The van der Waals surface area contributed by atoms with Crippen molar-refractivity contribution in [1.29, 1.82) is 0 Å². The van der Waals surface area contributed by atoms with E-state index in [4.69, 9.17) is 4.98 Å². The minimum absolute atomic E-state index is 0.0946. The molecule has 0 saturated carbocycles. The first-order chi connectivity index (χ1) is 13.8. The van der Waals surface area contributed by atoms with Crippen LogP contribution in [0.25, 0.3) is 21.6 Å². The van der Waals surface area contributed by atoms with Crippen molar-refractivity contribution in [2.45, 2.75) is 13.0 Å². The number of anilines is 1. The number of fused-ring (bicyclic) bond motifs is 2. The Morgan fingerprint density at radius 3 is 2.89 bits per heavy atom. The minimum Gasteiger partial charge on any atom is -0.360 e. The molecule has 0 saturated heterocycles. The van der Waals surface area contributed by atoms with Gasteiger partial charge in [0.25, 0.3) is 0 Å². The number of carbonyl (C=O) groups is 1. The maximum Gasteiger partial charge on any atom is 0.242 e. The Labute approximate surface area is 170 Å². The molecule has 0 unspecified atom stereocenters. The zero-order chi connectivity index (χ0) is 18.9. The van der Waals surface area contributed by atoms with Crippen molar-refractivity contribution in [3.63, 3.8) is 0 Å². The van der Waals surface area contributed by atoms with Gasteiger partial charge in [-0.1, -0.05) is 18.2 Å². The monoisotopic (exact) mass is 406 g/mol.